The van der Waals surface area contributed by atoms with Crippen LogP contribution in [-0.4, -0.2) is 16.5 Å². The normalized spacial score (nSPS) is 10.7. The fourth-order valence-electron chi connectivity index (χ4n) is 2.06. The van der Waals surface area contributed by atoms with Gasteiger partial charge in [-0.05, 0) is 29.8 Å². The highest BCUT2D eigenvalue weighted by Gasteiger charge is 2.13. The van der Waals surface area contributed by atoms with Gasteiger partial charge in [0.1, 0.15) is 16.5 Å². The van der Waals surface area contributed by atoms with Crippen LogP contribution in [-0.2, 0) is 0 Å². The maximum absolute atomic E-state index is 12.5. The summed E-state index contributed by atoms with van der Waals surface area (Å²) in [7, 11) is 1.59. The van der Waals surface area contributed by atoms with Crippen LogP contribution in [0.1, 0.15) is 0 Å². The van der Waals surface area contributed by atoms with Gasteiger partial charge in [-0.2, -0.15) is 0 Å². The molecule has 100 valence electrons. The van der Waals surface area contributed by atoms with Gasteiger partial charge in [0.05, 0.1) is 12.7 Å². The molecule has 0 amide bonds. The van der Waals surface area contributed by atoms with Crippen molar-refractivity contribution in [2.45, 2.75) is 0 Å². The van der Waals surface area contributed by atoms with Crippen molar-refractivity contribution in [3.63, 3.8) is 0 Å². The van der Waals surface area contributed by atoms with Crippen LogP contribution in [0.5, 0.6) is 5.75 Å². The summed E-state index contributed by atoms with van der Waals surface area (Å²) in [6.45, 7) is 0. The molecule has 0 saturated heterocycles. The van der Waals surface area contributed by atoms with Gasteiger partial charge in [0, 0.05) is 6.20 Å². The third-order valence-electron chi connectivity index (χ3n) is 3.07. The van der Waals surface area contributed by atoms with Crippen LogP contribution in [0.4, 0.5) is 0 Å². The van der Waals surface area contributed by atoms with Gasteiger partial charge in [0.25, 0.3) is 5.56 Å². The number of nitrogens with zero attached hydrogens (tertiary/aromatic N) is 2. The van der Waals surface area contributed by atoms with Gasteiger partial charge in [0.15, 0.2) is 0 Å². The topological polar surface area (TPSA) is 43.6 Å². The smallest absolute Gasteiger partial charge is 0.267 e. The fraction of sp³-hybridized carbons (Fsp3) is 0.0667. The average Bonchev–Trinajstić information content (AvgIpc) is 2.48. The molecule has 2 heterocycles. The van der Waals surface area contributed by atoms with E-state index in [1.54, 1.807) is 49.7 Å². The third kappa shape index (κ3) is 2.04. The van der Waals surface area contributed by atoms with Crippen LogP contribution in [0.2, 0.25) is 5.15 Å². The zero-order valence-corrected chi connectivity index (χ0v) is 11.5. The summed E-state index contributed by atoms with van der Waals surface area (Å²) in [4.78, 5) is 16.8. The summed E-state index contributed by atoms with van der Waals surface area (Å²) in [5.74, 6) is 0.721. The van der Waals surface area contributed by atoms with Gasteiger partial charge in [-0.25, -0.2) is 4.98 Å². The first-order valence-electron chi connectivity index (χ1n) is 6.02. The number of pyridine rings is 1. The van der Waals surface area contributed by atoms with Crippen LogP contribution in [0.15, 0.2) is 53.5 Å². The highest BCUT2D eigenvalue weighted by atomic mass is 35.5. The Hall–Kier alpha value is -2.33. The summed E-state index contributed by atoms with van der Waals surface area (Å²) in [5.41, 5.74) is 1.44. The number of halogens is 1. The Kier molecular flexibility index (Phi) is 3.16. The Morgan fingerprint density at radius 2 is 1.90 bits per heavy atom. The lowest BCUT2D eigenvalue weighted by molar-refractivity contribution is 0.415. The SMILES string of the molecule is COc1ccc(-c2c(Cl)nc3ccccn3c2=O)cc1. The van der Waals surface area contributed by atoms with Crippen molar-refractivity contribution in [2.24, 2.45) is 0 Å². The molecule has 0 spiro atoms. The molecule has 2 aromatic heterocycles. The zero-order chi connectivity index (χ0) is 14.1. The molecule has 4 nitrogen and oxygen atoms in total. The Morgan fingerprint density at radius 1 is 1.15 bits per heavy atom. The van der Waals surface area contributed by atoms with Gasteiger partial charge in [-0.1, -0.05) is 29.8 Å². The number of aromatic nitrogens is 2. The van der Waals surface area contributed by atoms with Crippen molar-refractivity contribution in [3.8, 4) is 16.9 Å². The van der Waals surface area contributed by atoms with Gasteiger partial charge in [-0.15, -0.1) is 0 Å². The van der Waals surface area contributed by atoms with E-state index in [0.717, 1.165) is 5.75 Å². The molecule has 0 saturated carbocycles. The predicted octanol–water partition coefficient (Wildman–Crippen LogP) is 3.02. The highest BCUT2D eigenvalue weighted by molar-refractivity contribution is 6.32. The van der Waals surface area contributed by atoms with Crippen LogP contribution in [0.3, 0.4) is 0 Å². The first-order valence-corrected chi connectivity index (χ1v) is 6.40. The molecule has 0 bridgehead atoms. The van der Waals surface area contributed by atoms with Gasteiger partial charge in [0.2, 0.25) is 0 Å². The molecule has 3 rings (SSSR count). The number of methoxy groups -OCH3 is 1. The van der Waals surface area contributed by atoms with E-state index in [0.29, 0.717) is 16.8 Å². The molecule has 3 aromatic rings. The molecule has 0 N–H and O–H groups in total. The van der Waals surface area contributed by atoms with Crippen LogP contribution < -0.4 is 10.3 Å². The van der Waals surface area contributed by atoms with Crippen LogP contribution >= 0.6 is 11.6 Å². The monoisotopic (exact) mass is 286 g/mol. The van der Waals surface area contributed by atoms with E-state index >= 15 is 0 Å². The van der Waals surface area contributed by atoms with Gasteiger partial charge >= 0.3 is 0 Å². The lowest BCUT2D eigenvalue weighted by atomic mass is 10.1. The summed E-state index contributed by atoms with van der Waals surface area (Å²) in [6.07, 6.45) is 1.67. The third-order valence-corrected chi connectivity index (χ3v) is 3.34. The second-order valence-electron chi connectivity index (χ2n) is 4.24. The minimum absolute atomic E-state index is 0.189. The quantitative estimate of drug-likeness (QED) is 0.680. The largest absolute Gasteiger partial charge is 0.497 e. The summed E-state index contributed by atoms with van der Waals surface area (Å²) in [6, 6.07) is 12.5. The first-order chi connectivity index (χ1) is 9.70. The predicted molar refractivity (Wildman–Crippen MR) is 78.5 cm³/mol. The summed E-state index contributed by atoms with van der Waals surface area (Å²) >= 11 is 6.16. The number of fused-ring (bicyclic) bond motifs is 1. The Morgan fingerprint density at radius 3 is 2.60 bits per heavy atom. The molecule has 0 aliphatic carbocycles. The average molecular weight is 287 g/mol. The number of hydrogen-bond donors (Lipinski definition) is 0. The molecule has 5 heteroatoms. The molecular weight excluding hydrogens is 276 g/mol. The van der Waals surface area contributed by atoms with Crippen molar-refractivity contribution in [1.82, 2.24) is 9.38 Å². The van der Waals surface area contributed by atoms with E-state index in [4.69, 9.17) is 16.3 Å². The van der Waals surface area contributed by atoms with Crippen molar-refractivity contribution in [3.05, 3.63) is 64.2 Å². The molecule has 1 aromatic carbocycles. The van der Waals surface area contributed by atoms with Crippen molar-refractivity contribution < 1.29 is 4.74 Å². The Labute approximate surface area is 120 Å². The fourth-order valence-corrected chi connectivity index (χ4v) is 2.34. The van der Waals surface area contributed by atoms with Gasteiger partial charge in [-0.3, -0.25) is 9.20 Å². The molecule has 20 heavy (non-hydrogen) atoms. The number of hydrogen-bond acceptors (Lipinski definition) is 3. The number of ether oxygens (including phenoxy) is 1. The summed E-state index contributed by atoms with van der Waals surface area (Å²) < 4.78 is 6.58. The first kappa shape index (κ1) is 12.7. The summed E-state index contributed by atoms with van der Waals surface area (Å²) in [5, 5.41) is 0.200. The highest BCUT2D eigenvalue weighted by Crippen LogP contribution is 2.25. The molecule has 0 aliphatic rings. The van der Waals surface area contributed by atoms with Crippen LogP contribution in [0, 0.1) is 0 Å². The van der Waals surface area contributed by atoms with Crippen molar-refractivity contribution >= 4 is 17.2 Å². The lowest BCUT2D eigenvalue weighted by Crippen LogP contribution is -2.17. The standard InChI is InChI=1S/C15H11ClN2O2/c1-20-11-7-5-10(6-8-11)13-14(16)17-12-4-2-3-9-18(12)15(13)19/h2-9H,1H3. The maximum Gasteiger partial charge on any atom is 0.267 e. The second kappa shape index (κ2) is 4.98. The molecule has 0 atom stereocenters. The Bertz CT molecular complexity index is 825. The van der Waals surface area contributed by atoms with E-state index in [1.807, 2.05) is 6.07 Å². The molecule has 0 radical (unpaired) electrons. The van der Waals surface area contributed by atoms with Gasteiger partial charge < -0.3 is 4.74 Å². The molecule has 0 unspecified atom stereocenters. The second-order valence-corrected chi connectivity index (χ2v) is 4.60. The molecule has 0 fully saturated rings. The Balaban J connectivity index is 2.27. The minimum Gasteiger partial charge on any atom is -0.497 e. The number of rotatable bonds is 2. The maximum atomic E-state index is 12.5. The lowest BCUT2D eigenvalue weighted by Gasteiger charge is -2.07. The molecular formula is C15H11ClN2O2. The molecule has 0 aliphatic heterocycles. The van der Waals surface area contributed by atoms with Crippen LogP contribution in [0.25, 0.3) is 16.8 Å². The van der Waals surface area contributed by atoms with Crippen molar-refractivity contribution in [1.29, 1.82) is 0 Å². The number of benzene rings is 1. The van der Waals surface area contributed by atoms with E-state index in [2.05, 4.69) is 4.98 Å². The van der Waals surface area contributed by atoms with E-state index in [-0.39, 0.29) is 10.7 Å². The van der Waals surface area contributed by atoms with Crippen molar-refractivity contribution in [2.75, 3.05) is 7.11 Å². The zero-order valence-electron chi connectivity index (χ0n) is 10.7. The van der Waals surface area contributed by atoms with E-state index < -0.39 is 0 Å². The minimum atomic E-state index is -0.189. The van der Waals surface area contributed by atoms with E-state index in [9.17, 15) is 4.79 Å². The van der Waals surface area contributed by atoms with E-state index in [1.165, 1.54) is 4.40 Å².